The van der Waals surface area contributed by atoms with Crippen molar-refractivity contribution in [3.8, 4) is 11.5 Å². The zero-order valence-electron chi connectivity index (χ0n) is 16.0. The molecule has 1 aliphatic rings. The van der Waals surface area contributed by atoms with Gasteiger partial charge in [0, 0.05) is 25.6 Å². The van der Waals surface area contributed by atoms with Gasteiger partial charge in [0.1, 0.15) is 11.5 Å². The molecule has 0 unspecified atom stereocenters. The highest BCUT2D eigenvalue weighted by atomic mass is 16.5. The molecule has 1 atom stereocenters. The van der Waals surface area contributed by atoms with Gasteiger partial charge in [-0.15, -0.1) is 0 Å². The maximum absolute atomic E-state index is 12.2. The standard InChI is InChI=1S/C20H32N2O3/c1-15(2)22-11-5-6-16(14-22)13-21-20(23)10-7-17-12-18(24-3)8-9-19(17)25-4/h8-9,12,15-16H,5-7,10-11,13-14H2,1-4H3,(H,21,23)/t16-/m1/s1. The fourth-order valence-electron chi connectivity index (χ4n) is 3.40. The van der Waals surface area contributed by atoms with Crippen LogP contribution in [-0.4, -0.2) is 50.7 Å². The molecule has 1 amide bonds. The first-order chi connectivity index (χ1) is 12.0. The lowest BCUT2D eigenvalue weighted by atomic mass is 9.97. The second-order valence-corrected chi connectivity index (χ2v) is 7.08. The van der Waals surface area contributed by atoms with Crippen molar-refractivity contribution in [3.63, 3.8) is 0 Å². The normalized spacial score (nSPS) is 18.2. The summed E-state index contributed by atoms with van der Waals surface area (Å²) in [5, 5.41) is 3.11. The topological polar surface area (TPSA) is 50.8 Å². The molecule has 0 aromatic heterocycles. The highest BCUT2D eigenvalue weighted by Gasteiger charge is 2.21. The number of ether oxygens (including phenoxy) is 2. The van der Waals surface area contributed by atoms with Gasteiger partial charge in [0.15, 0.2) is 0 Å². The van der Waals surface area contributed by atoms with Gasteiger partial charge in [0.05, 0.1) is 14.2 Å². The summed E-state index contributed by atoms with van der Waals surface area (Å²) in [6.45, 7) is 7.52. The lowest BCUT2D eigenvalue weighted by Gasteiger charge is -2.35. The Balaban J connectivity index is 1.79. The van der Waals surface area contributed by atoms with Gasteiger partial charge in [0.25, 0.3) is 0 Å². The second-order valence-electron chi connectivity index (χ2n) is 7.08. The molecule has 5 nitrogen and oxygen atoms in total. The number of benzene rings is 1. The number of carbonyl (C=O) groups excluding carboxylic acids is 1. The van der Waals surface area contributed by atoms with Crippen LogP contribution in [0.25, 0.3) is 0 Å². The van der Waals surface area contributed by atoms with Crippen LogP contribution in [0.1, 0.15) is 38.7 Å². The molecular weight excluding hydrogens is 316 g/mol. The summed E-state index contributed by atoms with van der Waals surface area (Å²) in [4.78, 5) is 14.7. The number of nitrogens with zero attached hydrogens (tertiary/aromatic N) is 1. The van der Waals surface area contributed by atoms with Gasteiger partial charge in [-0.1, -0.05) is 0 Å². The molecular formula is C20H32N2O3. The third kappa shape index (κ3) is 5.92. The third-order valence-electron chi connectivity index (χ3n) is 4.98. The van der Waals surface area contributed by atoms with Crippen molar-refractivity contribution in [3.05, 3.63) is 23.8 Å². The molecule has 25 heavy (non-hydrogen) atoms. The number of carbonyl (C=O) groups is 1. The van der Waals surface area contributed by atoms with Gasteiger partial charge < -0.3 is 19.7 Å². The number of rotatable bonds is 8. The number of amides is 1. The van der Waals surface area contributed by atoms with E-state index in [0.29, 0.717) is 24.8 Å². The molecule has 0 aliphatic carbocycles. The van der Waals surface area contributed by atoms with Crippen LogP contribution in [0.5, 0.6) is 11.5 Å². The quantitative estimate of drug-likeness (QED) is 0.785. The Labute approximate surface area is 151 Å². The van der Waals surface area contributed by atoms with E-state index in [1.165, 1.54) is 19.4 Å². The summed E-state index contributed by atoms with van der Waals surface area (Å²) in [6, 6.07) is 6.27. The van der Waals surface area contributed by atoms with E-state index in [1.807, 2.05) is 18.2 Å². The minimum atomic E-state index is 0.103. The largest absolute Gasteiger partial charge is 0.497 e. The molecule has 1 saturated heterocycles. The minimum Gasteiger partial charge on any atom is -0.497 e. The van der Waals surface area contributed by atoms with E-state index >= 15 is 0 Å². The molecule has 1 aromatic carbocycles. The molecule has 0 bridgehead atoms. The van der Waals surface area contributed by atoms with Crippen LogP contribution in [0.15, 0.2) is 18.2 Å². The molecule has 0 saturated carbocycles. The molecule has 1 N–H and O–H groups in total. The van der Waals surface area contributed by atoms with Crippen LogP contribution >= 0.6 is 0 Å². The van der Waals surface area contributed by atoms with Crippen molar-refractivity contribution >= 4 is 5.91 Å². The van der Waals surface area contributed by atoms with Crippen LogP contribution in [0.2, 0.25) is 0 Å². The van der Waals surface area contributed by atoms with E-state index in [4.69, 9.17) is 9.47 Å². The minimum absolute atomic E-state index is 0.103. The maximum atomic E-state index is 12.2. The first kappa shape index (κ1) is 19.6. The first-order valence-electron chi connectivity index (χ1n) is 9.25. The van der Waals surface area contributed by atoms with Gasteiger partial charge in [-0.25, -0.2) is 0 Å². The predicted octanol–water partition coefficient (Wildman–Crippen LogP) is 2.87. The highest BCUT2D eigenvalue weighted by Crippen LogP contribution is 2.25. The average molecular weight is 348 g/mol. The predicted molar refractivity (Wildman–Crippen MR) is 100 cm³/mol. The van der Waals surface area contributed by atoms with Gasteiger partial charge >= 0.3 is 0 Å². The van der Waals surface area contributed by atoms with E-state index in [2.05, 4.69) is 24.1 Å². The number of likely N-dealkylation sites (tertiary alicyclic amines) is 1. The van der Waals surface area contributed by atoms with Gasteiger partial charge in [-0.2, -0.15) is 0 Å². The van der Waals surface area contributed by atoms with Crippen molar-refractivity contribution in [2.24, 2.45) is 5.92 Å². The number of nitrogens with one attached hydrogen (secondary N) is 1. The van der Waals surface area contributed by atoms with E-state index in [0.717, 1.165) is 30.2 Å². The van der Waals surface area contributed by atoms with E-state index in [9.17, 15) is 4.79 Å². The molecule has 5 heteroatoms. The first-order valence-corrected chi connectivity index (χ1v) is 9.25. The number of methoxy groups -OCH3 is 2. The maximum Gasteiger partial charge on any atom is 0.220 e. The summed E-state index contributed by atoms with van der Waals surface area (Å²) in [5.74, 6) is 2.25. The molecule has 140 valence electrons. The van der Waals surface area contributed by atoms with Gasteiger partial charge in [-0.3, -0.25) is 4.79 Å². The lowest BCUT2D eigenvalue weighted by molar-refractivity contribution is -0.121. The summed E-state index contributed by atoms with van der Waals surface area (Å²) in [6.07, 6.45) is 3.53. The molecule has 0 radical (unpaired) electrons. The number of hydrogen-bond donors (Lipinski definition) is 1. The van der Waals surface area contributed by atoms with E-state index in [1.54, 1.807) is 14.2 Å². The fraction of sp³-hybridized carbons (Fsp3) is 0.650. The van der Waals surface area contributed by atoms with Crippen LogP contribution < -0.4 is 14.8 Å². The van der Waals surface area contributed by atoms with Crippen molar-refractivity contribution in [2.75, 3.05) is 33.9 Å². The van der Waals surface area contributed by atoms with Crippen molar-refractivity contribution in [2.45, 2.75) is 45.6 Å². The van der Waals surface area contributed by atoms with Crippen LogP contribution in [0, 0.1) is 5.92 Å². The average Bonchev–Trinajstić information content (AvgIpc) is 2.64. The second kappa shape index (κ2) is 9.66. The van der Waals surface area contributed by atoms with Gasteiger partial charge in [-0.05, 0) is 69.3 Å². The Morgan fingerprint density at radius 2 is 2.12 bits per heavy atom. The van der Waals surface area contributed by atoms with E-state index < -0.39 is 0 Å². The van der Waals surface area contributed by atoms with Crippen LogP contribution in [-0.2, 0) is 11.2 Å². The van der Waals surface area contributed by atoms with Crippen molar-refractivity contribution < 1.29 is 14.3 Å². The monoisotopic (exact) mass is 348 g/mol. The Bertz CT molecular complexity index is 560. The fourth-order valence-corrected chi connectivity index (χ4v) is 3.40. The molecule has 1 aliphatic heterocycles. The van der Waals surface area contributed by atoms with Crippen LogP contribution in [0.3, 0.4) is 0 Å². The van der Waals surface area contributed by atoms with Gasteiger partial charge in [0.2, 0.25) is 5.91 Å². The summed E-state index contributed by atoms with van der Waals surface area (Å²) >= 11 is 0. The Hall–Kier alpha value is -1.75. The Morgan fingerprint density at radius 1 is 1.32 bits per heavy atom. The number of aryl methyl sites for hydroxylation is 1. The molecule has 1 aromatic rings. The Morgan fingerprint density at radius 3 is 2.80 bits per heavy atom. The molecule has 1 heterocycles. The highest BCUT2D eigenvalue weighted by molar-refractivity contribution is 5.76. The number of hydrogen-bond acceptors (Lipinski definition) is 4. The van der Waals surface area contributed by atoms with E-state index in [-0.39, 0.29) is 5.91 Å². The van der Waals surface area contributed by atoms with Crippen molar-refractivity contribution in [1.29, 1.82) is 0 Å². The van der Waals surface area contributed by atoms with Crippen LogP contribution in [0.4, 0.5) is 0 Å². The Kier molecular flexibility index (Phi) is 7.56. The van der Waals surface area contributed by atoms with Crippen molar-refractivity contribution in [1.82, 2.24) is 10.2 Å². The molecule has 2 rings (SSSR count). The zero-order chi connectivity index (χ0) is 18.2. The summed E-state index contributed by atoms with van der Waals surface area (Å²) < 4.78 is 10.6. The zero-order valence-corrected chi connectivity index (χ0v) is 16.0. The smallest absolute Gasteiger partial charge is 0.220 e. The summed E-state index contributed by atoms with van der Waals surface area (Å²) in [7, 11) is 3.29. The molecule has 1 fully saturated rings. The third-order valence-corrected chi connectivity index (χ3v) is 4.98. The number of piperidine rings is 1. The summed E-state index contributed by atoms with van der Waals surface area (Å²) in [5.41, 5.74) is 1.00. The SMILES string of the molecule is COc1ccc(OC)c(CCC(=O)NC[C@H]2CCCN(C(C)C)C2)c1. The lowest BCUT2D eigenvalue weighted by Crippen LogP contribution is -2.43. The molecule has 0 spiro atoms.